The molecule has 64 heavy (non-hydrogen) atoms. The van der Waals surface area contributed by atoms with Gasteiger partial charge in [0.1, 0.15) is 34.9 Å². The van der Waals surface area contributed by atoms with Gasteiger partial charge in [0, 0.05) is 13.1 Å². The van der Waals surface area contributed by atoms with E-state index >= 15 is 0 Å². The van der Waals surface area contributed by atoms with Crippen LogP contribution in [-0.2, 0) is 19.1 Å². The number of likely N-dealkylation sites (tertiary alicyclic amines) is 2. The summed E-state index contributed by atoms with van der Waals surface area (Å²) in [6.45, 7) is 13.2. The van der Waals surface area contributed by atoms with Gasteiger partial charge < -0.3 is 49.7 Å². The van der Waals surface area contributed by atoms with Crippen molar-refractivity contribution in [1.82, 2.24) is 50.2 Å². The maximum atomic E-state index is 14.0. The van der Waals surface area contributed by atoms with Crippen LogP contribution in [-0.4, -0.2) is 141 Å². The predicted octanol–water partition coefficient (Wildman–Crippen LogP) is 7.15. The number of aromatic nitrogens is 4. The number of alkyl carbamates (subject to hydrolysis) is 2. The number of aromatic amines is 2. The highest BCUT2D eigenvalue weighted by Crippen LogP contribution is 2.35. The van der Waals surface area contributed by atoms with Gasteiger partial charge in [-0.3, -0.25) is 9.59 Å². The van der Waals surface area contributed by atoms with Crippen LogP contribution in [0.5, 0.6) is 0 Å². The molecule has 2 aliphatic heterocycles. The molecule has 16 nitrogen and oxygen atoms in total. The predicted molar refractivity (Wildman–Crippen MR) is 247 cm³/mol. The monoisotopic (exact) mass is 881 g/mol. The van der Waals surface area contributed by atoms with Crippen molar-refractivity contribution in [3.63, 3.8) is 0 Å². The summed E-state index contributed by atoms with van der Waals surface area (Å²) in [5, 5.41) is 5.67. The first-order chi connectivity index (χ1) is 30.2. The fourth-order valence-electron chi connectivity index (χ4n) is 8.21. The van der Waals surface area contributed by atoms with Crippen LogP contribution in [0.15, 0.2) is 60.9 Å². The first-order valence-corrected chi connectivity index (χ1v) is 22.4. The molecule has 4 heterocycles. The average molecular weight is 881 g/mol. The normalized spacial score (nSPS) is 17.8. The molecule has 2 aliphatic rings. The van der Waals surface area contributed by atoms with Crippen molar-refractivity contribution in [3.05, 3.63) is 72.6 Å². The minimum absolute atomic E-state index is 0.140. The number of carbonyl (C=O) groups is 4. The first kappa shape index (κ1) is 47.7. The summed E-state index contributed by atoms with van der Waals surface area (Å²) in [4.78, 5) is 77.4. The van der Waals surface area contributed by atoms with E-state index in [1.165, 1.54) is 0 Å². The largest absolute Gasteiger partial charge is 0.444 e. The van der Waals surface area contributed by atoms with Crippen molar-refractivity contribution < 1.29 is 28.7 Å². The molecule has 4 aromatic rings. The lowest BCUT2D eigenvalue weighted by molar-refractivity contribution is -0.135. The lowest BCUT2D eigenvalue weighted by atomic mass is 10.0. The third-order valence-electron chi connectivity index (χ3n) is 11.3. The highest BCUT2D eigenvalue weighted by Gasteiger charge is 2.38. The van der Waals surface area contributed by atoms with Crippen LogP contribution in [0.3, 0.4) is 0 Å². The van der Waals surface area contributed by atoms with Gasteiger partial charge in [0.25, 0.3) is 0 Å². The maximum Gasteiger partial charge on any atom is 0.408 e. The number of hydrogen-bond acceptors (Lipinski definition) is 10. The van der Waals surface area contributed by atoms with Gasteiger partial charge in [-0.05, 0) is 144 Å². The summed E-state index contributed by atoms with van der Waals surface area (Å²) in [6, 6.07) is 14.7. The number of imidazole rings is 2. The fourth-order valence-corrected chi connectivity index (χ4v) is 8.21. The van der Waals surface area contributed by atoms with Crippen molar-refractivity contribution in [2.45, 2.75) is 115 Å². The highest BCUT2D eigenvalue weighted by atomic mass is 16.6. The number of H-pyrrole nitrogens is 2. The lowest BCUT2D eigenvalue weighted by Gasteiger charge is -2.30. The van der Waals surface area contributed by atoms with Crippen LogP contribution in [0.2, 0.25) is 0 Å². The maximum absolute atomic E-state index is 14.0. The number of nitrogens with one attached hydrogen (secondary N) is 4. The van der Waals surface area contributed by atoms with Gasteiger partial charge in [-0.2, -0.15) is 0 Å². The third kappa shape index (κ3) is 12.7. The highest BCUT2D eigenvalue weighted by molar-refractivity contribution is 5.87. The van der Waals surface area contributed by atoms with Crippen molar-refractivity contribution in [2.75, 3.05) is 54.4 Å². The van der Waals surface area contributed by atoms with Crippen molar-refractivity contribution in [3.8, 4) is 33.6 Å². The molecule has 2 aromatic heterocycles. The molecule has 2 fully saturated rings. The standard InChI is InChI=1S/C48H68N10O6/c1-47(2,3)63-45(61)53-35(23-27-55(7)8)43(59)57-25-11-13-39(57)41-49-29-37(51-41)33-19-15-31(16-20-33)32-17-21-34(22-18-32)38-30-50-42(52-38)40-14-12-26-58(40)44(60)36(24-28-56(9)10)54-46(62)64-48(4,5)6/h15-22,29-30,35-36,39-40H,11-14,23-28H2,1-10H3,(H,49,51)(H,50,52)(H,53,61)(H,54,62)/t35-,36-,39-,40-/m0/s1. The van der Waals surface area contributed by atoms with E-state index in [1.807, 2.05) is 60.2 Å². The van der Waals surface area contributed by atoms with Crippen LogP contribution in [0.1, 0.15) is 104 Å². The Hall–Kier alpha value is -5.74. The molecular weight excluding hydrogens is 813 g/mol. The Morgan fingerprint density at radius 1 is 0.625 bits per heavy atom. The Labute approximate surface area is 377 Å². The van der Waals surface area contributed by atoms with Gasteiger partial charge in [-0.25, -0.2) is 19.6 Å². The van der Waals surface area contributed by atoms with Crippen LogP contribution in [0.25, 0.3) is 33.6 Å². The Balaban J connectivity index is 1.09. The summed E-state index contributed by atoms with van der Waals surface area (Å²) < 4.78 is 11.0. The van der Waals surface area contributed by atoms with Crippen molar-refractivity contribution >= 4 is 24.0 Å². The summed E-state index contributed by atoms with van der Waals surface area (Å²) in [7, 11) is 7.76. The van der Waals surface area contributed by atoms with Gasteiger partial charge in [-0.1, -0.05) is 48.5 Å². The van der Waals surface area contributed by atoms with E-state index in [1.54, 1.807) is 41.5 Å². The molecular formula is C48H68N10O6. The Morgan fingerprint density at radius 3 is 1.30 bits per heavy atom. The van der Waals surface area contributed by atoms with Crippen LogP contribution in [0.4, 0.5) is 9.59 Å². The second-order valence-corrected chi connectivity index (χ2v) is 19.5. The molecule has 0 unspecified atom stereocenters. The average Bonchev–Trinajstić information content (AvgIpc) is 4.06. The Kier molecular flexibility index (Phi) is 15.2. The molecule has 0 radical (unpaired) electrons. The number of benzene rings is 2. The topological polar surface area (TPSA) is 181 Å². The second-order valence-electron chi connectivity index (χ2n) is 19.5. The number of nitrogens with zero attached hydrogens (tertiary/aromatic N) is 6. The van der Waals surface area contributed by atoms with E-state index in [-0.39, 0.29) is 23.9 Å². The minimum atomic E-state index is -0.723. The molecule has 0 bridgehead atoms. The molecule has 16 heteroatoms. The number of carbonyl (C=O) groups excluding carboxylic acids is 4. The van der Waals surface area contributed by atoms with Crippen LogP contribution < -0.4 is 10.6 Å². The summed E-state index contributed by atoms with van der Waals surface area (Å²) in [5.41, 5.74) is 4.40. The van der Waals surface area contributed by atoms with Gasteiger partial charge in [0.05, 0.1) is 35.9 Å². The van der Waals surface area contributed by atoms with E-state index in [9.17, 15) is 19.2 Å². The summed E-state index contributed by atoms with van der Waals surface area (Å²) in [6.07, 6.45) is 6.54. The summed E-state index contributed by atoms with van der Waals surface area (Å²) in [5.74, 6) is 1.16. The molecule has 4 N–H and O–H groups in total. The lowest BCUT2D eigenvalue weighted by Crippen LogP contribution is -2.50. The molecule has 2 aromatic carbocycles. The van der Waals surface area contributed by atoms with Crippen LogP contribution in [0, 0.1) is 0 Å². The van der Waals surface area contributed by atoms with Gasteiger partial charge in [-0.15, -0.1) is 0 Å². The minimum Gasteiger partial charge on any atom is -0.444 e. The second kappa shape index (κ2) is 20.4. The number of amides is 4. The van der Waals surface area contributed by atoms with Crippen LogP contribution >= 0.6 is 0 Å². The van der Waals surface area contributed by atoms with Crippen molar-refractivity contribution in [2.24, 2.45) is 0 Å². The summed E-state index contributed by atoms with van der Waals surface area (Å²) >= 11 is 0. The molecule has 2 saturated heterocycles. The van der Waals surface area contributed by atoms with Gasteiger partial charge >= 0.3 is 12.2 Å². The molecule has 4 atom stereocenters. The Bertz CT molecular complexity index is 2050. The van der Waals surface area contributed by atoms with E-state index < -0.39 is 35.5 Å². The zero-order chi connectivity index (χ0) is 46.3. The molecule has 346 valence electrons. The van der Waals surface area contributed by atoms with E-state index in [4.69, 9.17) is 19.4 Å². The molecule has 6 rings (SSSR count). The quantitative estimate of drug-likeness (QED) is 0.0958. The third-order valence-corrected chi connectivity index (χ3v) is 11.3. The Morgan fingerprint density at radius 2 is 0.969 bits per heavy atom. The smallest absolute Gasteiger partial charge is 0.408 e. The van der Waals surface area contributed by atoms with Gasteiger partial charge in [0.2, 0.25) is 11.8 Å². The fraction of sp³-hybridized carbons (Fsp3) is 0.542. The van der Waals surface area contributed by atoms with Gasteiger partial charge in [0.15, 0.2) is 0 Å². The molecule has 0 aliphatic carbocycles. The van der Waals surface area contributed by atoms with E-state index in [2.05, 4.69) is 69.1 Å². The van der Waals surface area contributed by atoms with E-state index in [0.717, 1.165) is 71.0 Å². The molecule has 0 saturated carbocycles. The zero-order valence-corrected chi connectivity index (χ0v) is 39.3. The van der Waals surface area contributed by atoms with Crippen molar-refractivity contribution in [1.29, 1.82) is 0 Å². The number of ether oxygens (including phenoxy) is 2. The first-order valence-electron chi connectivity index (χ1n) is 22.4. The number of hydrogen-bond donors (Lipinski definition) is 4. The zero-order valence-electron chi connectivity index (χ0n) is 39.3. The SMILES string of the molecule is CN(C)CC[C@H](NC(=O)OC(C)(C)C)C(=O)N1CCC[C@H]1c1ncc(-c2ccc(-c3ccc(-c4cnc([C@@H]5CCCN5C(=O)[C@H](CCN(C)C)NC(=O)OC(C)(C)C)[nH]4)cc3)cc2)[nH]1. The van der Waals surface area contributed by atoms with E-state index in [0.29, 0.717) is 39.0 Å². The number of rotatable bonds is 15. The molecule has 0 spiro atoms. The molecule has 4 amide bonds.